The van der Waals surface area contributed by atoms with E-state index < -0.39 is 23.8 Å². The van der Waals surface area contributed by atoms with Gasteiger partial charge >= 0.3 is 12.3 Å². The molecule has 0 saturated heterocycles. The number of amides is 1. The number of rotatable bonds is 6. The molecule has 0 aromatic heterocycles. The Balaban J connectivity index is 0.000000709. The first-order valence-electron chi connectivity index (χ1n) is 11.1. The van der Waals surface area contributed by atoms with E-state index in [1.165, 1.54) is 30.5 Å². The van der Waals surface area contributed by atoms with Crippen LogP contribution in [0.15, 0.2) is 48.5 Å². The van der Waals surface area contributed by atoms with E-state index in [1.54, 1.807) is 0 Å². The lowest BCUT2D eigenvalue weighted by Gasteiger charge is -2.24. The van der Waals surface area contributed by atoms with Gasteiger partial charge in [0, 0.05) is 5.69 Å². The molecule has 0 aliphatic heterocycles. The minimum absolute atomic E-state index is 0.125. The Hall–Kier alpha value is -3.03. The van der Waals surface area contributed by atoms with Crippen molar-refractivity contribution in [3.8, 4) is 0 Å². The van der Waals surface area contributed by atoms with Gasteiger partial charge in [-0.1, -0.05) is 37.1 Å². The van der Waals surface area contributed by atoms with Gasteiger partial charge in [0.2, 0.25) is 5.91 Å². The molecule has 0 bridgehead atoms. The Kier molecular flexibility index (Phi) is 8.00. The Morgan fingerprint density at radius 2 is 1.58 bits per heavy atom. The first kappa shape index (κ1) is 24.6. The van der Waals surface area contributed by atoms with Crippen LogP contribution in [0.5, 0.6) is 0 Å². The lowest BCUT2D eigenvalue weighted by Crippen LogP contribution is -2.26. The zero-order valence-electron chi connectivity index (χ0n) is 18.1. The van der Waals surface area contributed by atoms with Crippen LogP contribution in [0.4, 0.5) is 23.7 Å². The second-order valence-corrected chi connectivity index (χ2v) is 8.76. The highest BCUT2D eigenvalue weighted by molar-refractivity contribution is 5.96. The summed E-state index contributed by atoms with van der Waals surface area (Å²) < 4.78 is 38.8. The third-order valence-electron chi connectivity index (χ3n) is 6.17. The second kappa shape index (κ2) is 10.7. The Labute approximate surface area is 190 Å². The SMILES string of the molecule is O=C(Nc1cccc(CC2CC2)c1)C(c1ccc(C(F)(F)F)cc1)C1CCCC1.O=C(O)O. The van der Waals surface area contributed by atoms with Crippen molar-refractivity contribution in [2.45, 2.75) is 57.0 Å². The van der Waals surface area contributed by atoms with Crippen LogP contribution < -0.4 is 5.32 Å². The molecule has 2 fully saturated rings. The van der Waals surface area contributed by atoms with Crippen LogP contribution in [0.1, 0.15) is 61.1 Å². The fourth-order valence-electron chi connectivity index (χ4n) is 4.46. The smallest absolute Gasteiger partial charge is 0.450 e. The number of anilines is 1. The molecule has 0 spiro atoms. The van der Waals surface area contributed by atoms with Gasteiger partial charge in [0.05, 0.1) is 11.5 Å². The van der Waals surface area contributed by atoms with Crippen molar-refractivity contribution in [3.63, 3.8) is 0 Å². The van der Waals surface area contributed by atoms with Gasteiger partial charge in [0.1, 0.15) is 0 Å². The van der Waals surface area contributed by atoms with Crippen molar-refractivity contribution >= 4 is 17.7 Å². The highest BCUT2D eigenvalue weighted by Gasteiger charge is 2.34. The standard InChI is InChI=1S/C24H26F3NO.CH2O3/c25-24(26,27)20-12-10-19(11-13-20)22(18-5-1-2-6-18)23(29)28-21-7-3-4-17(15-21)14-16-8-9-16;2-1(3)4/h3-4,7,10-13,15-16,18,22H,1-2,5-6,8-9,14H2,(H,28,29);(H2,2,3,4). The maximum absolute atomic E-state index is 13.2. The average molecular weight is 463 g/mol. The van der Waals surface area contributed by atoms with E-state index in [1.807, 2.05) is 18.2 Å². The molecule has 0 heterocycles. The Morgan fingerprint density at radius 1 is 0.970 bits per heavy atom. The van der Waals surface area contributed by atoms with E-state index in [0.717, 1.165) is 55.8 Å². The molecule has 2 saturated carbocycles. The van der Waals surface area contributed by atoms with E-state index in [2.05, 4.69) is 11.4 Å². The summed E-state index contributed by atoms with van der Waals surface area (Å²) in [6.45, 7) is 0. The monoisotopic (exact) mass is 463 g/mol. The molecule has 8 heteroatoms. The van der Waals surface area contributed by atoms with Crippen LogP contribution in [0.3, 0.4) is 0 Å². The van der Waals surface area contributed by atoms with Gasteiger partial charge in [-0.05, 0) is 79.3 Å². The number of hydrogen-bond donors (Lipinski definition) is 3. The molecular weight excluding hydrogens is 435 g/mol. The Bertz CT molecular complexity index is 945. The molecule has 5 nitrogen and oxygen atoms in total. The molecule has 4 rings (SSSR count). The quantitative estimate of drug-likeness (QED) is 0.440. The number of carbonyl (C=O) groups excluding carboxylic acids is 1. The molecule has 3 N–H and O–H groups in total. The van der Waals surface area contributed by atoms with Gasteiger partial charge in [-0.3, -0.25) is 4.79 Å². The normalized spacial score (nSPS) is 17.1. The van der Waals surface area contributed by atoms with E-state index in [9.17, 15) is 18.0 Å². The maximum Gasteiger partial charge on any atom is 0.503 e. The van der Waals surface area contributed by atoms with Crippen molar-refractivity contribution in [2.75, 3.05) is 5.32 Å². The van der Waals surface area contributed by atoms with Crippen molar-refractivity contribution < 1.29 is 33.0 Å². The van der Waals surface area contributed by atoms with Gasteiger partial charge in [0.15, 0.2) is 0 Å². The highest BCUT2D eigenvalue weighted by atomic mass is 19.4. The minimum atomic E-state index is -4.37. The molecule has 2 aliphatic rings. The third kappa shape index (κ3) is 7.51. The van der Waals surface area contributed by atoms with Crippen molar-refractivity contribution in [1.82, 2.24) is 0 Å². The number of carbonyl (C=O) groups is 2. The largest absolute Gasteiger partial charge is 0.503 e. The number of benzene rings is 2. The molecule has 1 atom stereocenters. The first-order chi connectivity index (χ1) is 15.6. The predicted octanol–water partition coefficient (Wildman–Crippen LogP) is 6.79. The zero-order valence-corrected chi connectivity index (χ0v) is 18.1. The van der Waals surface area contributed by atoms with Crippen molar-refractivity contribution in [1.29, 1.82) is 0 Å². The second-order valence-electron chi connectivity index (χ2n) is 8.76. The fourth-order valence-corrected chi connectivity index (χ4v) is 4.46. The number of halogens is 3. The number of hydrogen-bond acceptors (Lipinski definition) is 2. The molecule has 1 amide bonds. The maximum atomic E-state index is 13.2. The lowest BCUT2D eigenvalue weighted by molar-refractivity contribution is -0.137. The molecule has 1 unspecified atom stereocenters. The van der Waals surface area contributed by atoms with E-state index in [4.69, 9.17) is 15.0 Å². The van der Waals surface area contributed by atoms with Gasteiger partial charge in [-0.15, -0.1) is 0 Å². The fraction of sp³-hybridized carbons (Fsp3) is 0.440. The third-order valence-corrected chi connectivity index (χ3v) is 6.17. The zero-order chi connectivity index (χ0) is 24.0. The van der Waals surface area contributed by atoms with E-state index >= 15 is 0 Å². The summed E-state index contributed by atoms with van der Waals surface area (Å²) in [7, 11) is 0. The minimum Gasteiger partial charge on any atom is -0.450 e. The molecule has 2 aromatic rings. The molecule has 178 valence electrons. The number of alkyl halides is 3. The number of nitrogens with one attached hydrogen (secondary N) is 1. The van der Waals surface area contributed by atoms with Crippen LogP contribution in [0.25, 0.3) is 0 Å². The van der Waals surface area contributed by atoms with Crippen molar-refractivity contribution in [2.24, 2.45) is 11.8 Å². The van der Waals surface area contributed by atoms with E-state index in [-0.39, 0.29) is 11.8 Å². The summed E-state index contributed by atoms with van der Waals surface area (Å²) in [5.74, 6) is 0.382. The van der Waals surface area contributed by atoms with Gasteiger partial charge in [-0.2, -0.15) is 13.2 Å². The lowest BCUT2D eigenvalue weighted by atomic mass is 9.83. The first-order valence-corrected chi connectivity index (χ1v) is 11.1. The summed E-state index contributed by atoms with van der Waals surface area (Å²) in [6.07, 6.45) is 1.36. The van der Waals surface area contributed by atoms with Crippen molar-refractivity contribution in [3.05, 3.63) is 65.2 Å². The molecule has 2 aliphatic carbocycles. The van der Waals surface area contributed by atoms with Gasteiger partial charge in [0.25, 0.3) is 0 Å². The summed E-state index contributed by atoms with van der Waals surface area (Å²) in [4.78, 5) is 21.8. The summed E-state index contributed by atoms with van der Waals surface area (Å²) in [6, 6.07) is 13.0. The van der Waals surface area contributed by atoms with Gasteiger partial charge in [-0.25, -0.2) is 4.79 Å². The van der Waals surface area contributed by atoms with Crippen LogP contribution in [-0.2, 0) is 17.4 Å². The molecule has 0 radical (unpaired) electrons. The highest BCUT2D eigenvalue weighted by Crippen LogP contribution is 2.39. The Morgan fingerprint density at radius 3 is 2.12 bits per heavy atom. The van der Waals surface area contributed by atoms with Crippen LogP contribution in [0.2, 0.25) is 0 Å². The average Bonchev–Trinajstić information content (AvgIpc) is 3.38. The summed E-state index contributed by atoms with van der Waals surface area (Å²) >= 11 is 0. The summed E-state index contributed by atoms with van der Waals surface area (Å²) in [5, 5.41) is 17.0. The van der Waals surface area contributed by atoms with Crippen LogP contribution >= 0.6 is 0 Å². The van der Waals surface area contributed by atoms with Crippen LogP contribution in [0, 0.1) is 11.8 Å². The van der Waals surface area contributed by atoms with Crippen LogP contribution in [-0.4, -0.2) is 22.3 Å². The topological polar surface area (TPSA) is 86.6 Å². The molecule has 2 aromatic carbocycles. The molecular formula is C25H28F3NO4. The predicted molar refractivity (Wildman–Crippen MR) is 118 cm³/mol. The number of carboxylic acid groups (broad SMARTS) is 2. The van der Waals surface area contributed by atoms with E-state index in [0.29, 0.717) is 5.56 Å². The molecule has 33 heavy (non-hydrogen) atoms. The van der Waals surface area contributed by atoms with Gasteiger partial charge < -0.3 is 15.5 Å². The summed E-state index contributed by atoms with van der Waals surface area (Å²) in [5.41, 5.74) is 1.97.